The molecule has 224 valence electrons. The number of amides is 1. The van der Waals surface area contributed by atoms with Crippen molar-refractivity contribution in [3.05, 3.63) is 89.4 Å². The molecule has 0 radical (unpaired) electrons. The average molecular weight is 583 g/mol. The van der Waals surface area contributed by atoms with Gasteiger partial charge >= 0.3 is 5.97 Å². The number of piperidine rings is 1. The Labute approximate surface area is 252 Å². The number of ether oxygens (including phenoxy) is 3. The molecule has 43 heavy (non-hydrogen) atoms. The summed E-state index contributed by atoms with van der Waals surface area (Å²) in [4.78, 5) is 30.0. The van der Waals surface area contributed by atoms with Gasteiger partial charge in [-0.05, 0) is 67.5 Å². The number of likely N-dealkylation sites (N-methyl/N-ethyl adjacent to an activating group) is 1. The van der Waals surface area contributed by atoms with Crippen molar-refractivity contribution < 1.29 is 28.2 Å². The molecule has 7 rings (SSSR count). The standard InChI is InChI=1S/C35H38N2O6/c1-22(38)42-30(24-7-5-4-6-8-24)20-37-17-16-35-26-11-12-27(36(2)31(39)14-9-23-15-18-41-21-23)34(35)43-33-29(40-3)13-10-25(32(33)35)19-28(26)37/h4-10,13-15,18,21,26-28,30,34H,11-12,16-17,19-20H2,1-3H3/t26-,27-,28+,30?,34-,35-/m0/s1. The lowest BCUT2D eigenvalue weighted by atomic mass is 9.51. The van der Waals surface area contributed by atoms with Crippen LogP contribution in [-0.2, 0) is 26.2 Å². The monoisotopic (exact) mass is 582 g/mol. The van der Waals surface area contributed by atoms with Gasteiger partial charge in [0.2, 0.25) is 5.91 Å². The number of rotatable bonds is 8. The Bertz CT molecular complexity index is 1540. The second-order valence-electron chi connectivity index (χ2n) is 12.3. The van der Waals surface area contributed by atoms with Gasteiger partial charge in [0.15, 0.2) is 11.5 Å². The van der Waals surface area contributed by atoms with Crippen molar-refractivity contribution in [3.8, 4) is 11.5 Å². The first kappa shape index (κ1) is 27.8. The Morgan fingerprint density at radius 2 is 2.00 bits per heavy atom. The predicted octanol–water partition coefficient (Wildman–Crippen LogP) is 5.17. The molecule has 2 bridgehead atoms. The molecule has 2 aliphatic carbocycles. The Kier molecular flexibility index (Phi) is 7.04. The molecule has 0 N–H and O–H groups in total. The Hall–Kier alpha value is -4.04. The molecule has 8 nitrogen and oxygen atoms in total. The SMILES string of the molecule is COc1ccc2c3c1O[C@H]1[C@@H](N(C)C(=O)C=Cc4ccoc4)CC[C@H]4[C@@H](C2)N(CC(OC(C)=O)c2ccccc2)CC[C@@]341. The zero-order chi connectivity index (χ0) is 29.7. The highest BCUT2D eigenvalue weighted by Gasteiger charge is 2.66. The van der Waals surface area contributed by atoms with Crippen LogP contribution in [0.3, 0.4) is 0 Å². The molecule has 8 heteroatoms. The third kappa shape index (κ3) is 4.54. The number of hydrogen-bond donors (Lipinski definition) is 0. The van der Waals surface area contributed by atoms with Gasteiger partial charge in [-0.3, -0.25) is 14.5 Å². The Morgan fingerprint density at radius 1 is 1.16 bits per heavy atom. The van der Waals surface area contributed by atoms with Crippen LogP contribution in [0, 0.1) is 5.92 Å². The first-order valence-corrected chi connectivity index (χ1v) is 15.2. The van der Waals surface area contributed by atoms with E-state index >= 15 is 0 Å². The van der Waals surface area contributed by atoms with E-state index in [1.165, 1.54) is 18.1 Å². The molecule has 1 spiro atoms. The summed E-state index contributed by atoms with van der Waals surface area (Å²) >= 11 is 0. The minimum absolute atomic E-state index is 0.0512. The van der Waals surface area contributed by atoms with Gasteiger partial charge in [0.25, 0.3) is 0 Å². The molecule has 2 aromatic carbocycles. The maximum atomic E-state index is 13.4. The van der Waals surface area contributed by atoms with E-state index in [9.17, 15) is 9.59 Å². The van der Waals surface area contributed by atoms with Crippen LogP contribution >= 0.6 is 0 Å². The zero-order valence-electron chi connectivity index (χ0n) is 24.9. The lowest BCUT2D eigenvalue weighted by molar-refractivity contribution is -0.150. The van der Waals surface area contributed by atoms with E-state index in [1.54, 1.807) is 31.8 Å². The maximum absolute atomic E-state index is 13.4. The largest absolute Gasteiger partial charge is 0.493 e. The van der Waals surface area contributed by atoms with Crippen molar-refractivity contribution in [2.75, 3.05) is 27.2 Å². The van der Waals surface area contributed by atoms with Gasteiger partial charge in [-0.25, -0.2) is 0 Å². The van der Waals surface area contributed by atoms with Crippen LogP contribution in [0.15, 0.2) is 71.6 Å². The molecule has 1 aromatic heterocycles. The van der Waals surface area contributed by atoms with Crippen LogP contribution in [-0.4, -0.2) is 67.1 Å². The molecular weight excluding hydrogens is 544 g/mol. The molecule has 1 unspecified atom stereocenters. The van der Waals surface area contributed by atoms with E-state index in [0.29, 0.717) is 12.5 Å². The highest BCUT2D eigenvalue weighted by atomic mass is 16.5. The first-order chi connectivity index (χ1) is 20.9. The normalized spacial score (nSPS) is 27.7. The van der Waals surface area contributed by atoms with Crippen molar-refractivity contribution in [1.29, 1.82) is 0 Å². The molecular formula is C35H38N2O6. The average Bonchev–Trinajstić information content (AvgIpc) is 3.66. The van der Waals surface area contributed by atoms with Gasteiger partial charge in [0.05, 0.1) is 25.7 Å². The number of furan rings is 1. The minimum Gasteiger partial charge on any atom is -0.493 e. The van der Waals surface area contributed by atoms with Crippen LogP contribution in [0.1, 0.15) is 54.5 Å². The molecule has 2 fully saturated rings. The summed E-state index contributed by atoms with van der Waals surface area (Å²) in [6.07, 6.45) is 9.76. The summed E-state index contributed by atoms with van der Waals surface area (Å²) in [5, 5.41) is 0. The molecule has 3 heterocycles. The quantitative estimate of drug-likeness (QED) is 0.268. The van der Waals surface area contributed by atoms with E-state index in [2.05, 4.69) is 11.0 Å². The van der Waals surface area contributed by atoms with Crippen LogP contribution in [0.4, 0.5) is 0 Å². The van der Waals surface area contributed by atoms with Crippen LogP contribution in [0.2, 0.25) is 0 Å². The van der Waals surface area contributed by atoms with E-state index in [0.717, 1.165) is 54.9 Å². The summed E-state index contributed by atoms with van der Waals surface area (Å²) in [7, 11) is 3.59. The topological polar surface area (TPSA) is 81.5 Å². The van der Waals surface area contributed by atoms with Gasteiger partial charge in [0, 0.05) is 49.2 Å². The second kappa shape index (κ2) is 10.9. The van der Waals surface area contributed by atoms with E-state index < -0.39 is 0 Å². The fraction of sp³-hybridized carbons (Fsp3) is 0.429. The molecule has 1 saturated carbocycles. The lowest BCUT2D eigenvalue weighted by Crippen LogP contribution is -2.69. The second-order valence-corrected chi connectivity index (χ2v) is 12.3. The van der Waals surface area contributed by atoms with Crippen molar-refractivity contribution in [1.82, 2.24) is 9.80 Å². The van der Waals surface area contributed by atoms with Gasteiger partial charge in [0.1, 0.15) is 12.2 Å². The fourth-order valence-corrected chi connectivity index (χ4v) is 8.48. The third-order valence-electron chi connectivity index (χ3n) is 10.3. The summed E-state index contributed by atoms with van der Waals surface area (Å²) in [6, 6.07) is 16.3. The van der Waals surface area contributed by atoms with E-state index in [4.69, 9.17) is 18.6 Å². The number of carbonyl (C=O) groups excluding carboxylic acids is 2. The summed E-state index contributed by atoms with van der Waals surface area (Å²) in [5.41, 5.74) is 4.23. The van der Waals surface area contributed by atoms with E-state index in [-0.39, 0.29) is 41.6 Å². The highest BCUT2D eigenvalue weighted by molar-refractivity contribution is 5.91. The maximum Gasteiger partial charge on any atom is 0.303 e. The number of likely N-dealkylation sites (tertiary alicyclic amines) is 1. The smallest absolute Gasteiger partial charge is 0.303 e. The molecule has 2 aliphatic heterocycles. The molecule has 4 aliphatic rings. The predicted molar refractivity (Wildman–Crippen MR) is 161 cm³/mol. The van der Waals surface area contributed by atoms with Gasteiger partial charge in [-0.1, -0.05) is 36.4 Å². The summed E-state index contributed by atoms with van der Waals surface area (Å²) < 4.78 is 23.8. The number of carbonyl (C=O) groups is 2. The first-order valence-electron chi connectivity index (χ1n) is 15.2. The third-order valence-corrected chi connectivity index (χ3v) is 10.3. The number of esters is 1. The van der Waals surface area contributed by atoms with E-state index in [1.807, 2.05) is 54.4 Å². The molecule has 1 saturated heterocycles. The van der Waals surface area contributed by atoms with Crippen LogP contribution in [0.25, 0.3) is 6.08 Å². The summed E-state index contributed by atoms with van der Waals surface area (Å²) in [6.45, 7) is 2.98. The number of nitrogens with zero attached hydrogens (tertiary/aromatic N) is 2. The van der Waals surface area contributed by atoms with Crippen molar-refractivity contribution in [2.45, 2.75) is 62.3 Å². The summed E-state index contributed by atoms with van der Waals surface area (Å²) in [5.74, 6) is 1.64. The number of benzene rings is 2. The number of hydrogen-bond acceptors (Lipinski definition) is 7. The van der Waals surface area contributed by atoms with Gasteiger partial charge in [-0.2, -0.15) is 0 Å². The fourth-order valence-electron chi connectivity index (χ4n) is 8.48. The van der Waals surface area contributed by atoms with Gasteiger partial charge < -0.3 is 23.5 Å². The van der Waals surface area contributed by atoms with Gasteiger partial charge in [-0.15, -0.1) is 0 Å². The van der Waals surface area contributed by atoms with Crippen LogP contribution in [0.5, 0.6) is 11.5 Å². The molecule has 1 amide bonds. The zero-order valence-corrected chi connectivity index (χ0v) is 24.9. The highest BCUT2D eigenvalue weighted by Crippen LogP contribution is 2.64. The number of methoxy groups -OCH3 is 1. The van der Waals surface area contributed by atoms with Crippen molar-refractivity contribution in [2.24, 2.45) is 5.92 Å². The lowest BCUT2D eigenvalue weighted by Gasteiger charge is -2.60. The molecule has 3 aromatic rings. The molecule has 6 atom stereocenters. The van der Waals surface area contributed by atoms with Crippen molar-refractivity contribution >= 4 is 18.0 Å². The Balaban J connectivity index is 1.22. The Morgan fingerprint density at radius 3 is 2.74 bits per heavy atom. The van der Waals surface area contributed by atoms with Crippen LogP contribution < -0.4 is 9.47 Å². The minimum atomic E-state index is -0.335. The van der Waals surface area contributed by atoms with Crippen molar-refractivity contribution in [3.63, 3.8) is 0 Å².